The molecule has 168 valence electrons. The van der Waals surface area contributed by atoms with E-state index in [1.807, 2.05) is 18.4 Å². The van der Waals surface area contributed by atoms with Gasteiger partial charge < -0.3 is 14.6 Å². The first kappa shape index (κ1) is 23.4. The molecule has 1 heterocycles. The molecule has 0 aliphatic carbocycles. The predicted molar refractivity (Wildman–Crippen MR) is 119 cm³/mol. The number of carbonyl (C=O) groups excluding carboxylic acids is 3. The maximum absolute atomic E-state index is 13.1. The summed E-state index contributed by atoms with van der Waals surface area (Å²) in [6, 6.07) is 15.6. The summed E-state index contributed by atoms with van der Waals surface area (Å²) >= 11 is 0. The van der Waals surface area contributed by atoms with Gasteiger partial charge >= 0.3 is 5.97 Å². The molecule has 0 saturated heterocycles. The van der Waals surface area contributed by atoms with Gasteiger partial charge in [0.05, 0.1) is 11.6 Å². The van der Waals surface area contributed by atoms with Crippen LogP contribution in [0.25, 0.3) is 0 Å². The van der Waals surface area contributed by atoms with E-state index in [1.165, 1.54) is 36.4 Å². The van der Waals surface area contributed by atoms with Crippen molar-refractivity contribution in [1.29, 1.82) is 5.26 Å². The molecule has 0 atom stereocenters. The summed E-state index contributed by atoms with van der Waals surface area (Å²) in [6.45, 7) is 3.75. The first-order valence-electron chi connectivity index (χ1n) is 10.2. The monoisotopic (exact) mass is 447 g/mol. The molecule has 0 radical (unpaired) electrons. The topological polar surface area (TPSA) is 101 Å². The summed E-state index contributed by atoms with van der Waals surface area (Å²) in [5.41, 5.74) is 3.61. The van der Waals surface area contributed by atoms with Crippen molar-refractivity contribution < 1.29 is 23.5 Å². The lowest BCUT2D eigenvalue weighted by Crippen LogP contribution is -2.15. The van der Waals surface area contributed by atoms with Crippen LogP contribution in [0.1, 0.15) is 44.1 Å². The number of nitrogens with zero attached hydrogens (tertiary/aromatic N) is 2. The van der Waals surface area contributed by atoms with E-state index in [1.54, 1.807) is 24.3 Å². The van der Waals surface area contributed by atoms with E-state index >= 15 is 0 Å². The lowest BCUT2D eigenvalue weighted by molar-refractivity contribution is -0.115. The molecular weight excluding hydrogens is 425 g/mol. The zero-order chi connectivity index (χ0) is 24.0. The highest BCUT2D eigenvalue weighted by Gasteiger charge is 2.18. The highest BCUT2D eigenvalue weighted by Crippen LogP contribution is 2.19. The quantitative estimate of drug-likeness (QED) is 0.412. The molecule has 1 aromatic heterocycles. The number of hydrogen-bond donors (Lipinski definition) is 1. The molecule has 0 aliphatic heterocycles. The highest BCUT2D eigenvalue weighted by molar-refractivity contribution is 6.00. The molecule has 0 unspecified atom stereocenters. The Morgan fingerprint density at radius 1 is 1.06 bits per heavy atom. The minimum absolute atomic E-state index is 0.225. The summed E-state index contributed by atoms with van der Waals surface area (Å²) in [6.07, 6.45) is -0.267. The Kier molecular flexibility index (Phi) is 7.36. The predicted octanol–water partition coefficient (Wildman–Crippen LogP) is 4.18. The molecule has 0 fully saturated rings. The molecule has 3 aromatic rings. The Morgan fingerprint density at radius 3 is 2.36 bits per heavy atom. The number of carbonyl (C=O) groups is 3. The Balaban J connectivity index is 1.61. The lowest BCUT2D eigenvalue weighted by Gasteiger charge is -2.10. The van der Waals surface area contributed by atoms with Crippen LogP contribution >= 0.6 is 0 Å². The summed E-state index contributed by atoms with van der Waals surface area (Å²) in [7, 11) is 0. The normalized spacial score (nSPS) is 10.4. The van der Waals surface area contributed by atoms with E-state index in [4.69, 9.17) is 10.00 Å². The van der Waals surface area contributed by atoms with Crippen molar-refractivity contribution in [3.05, 3.63) is 88.5 Å². The van der Waals surface area contributed by atoms with Crippen LogP contribution in [-0.2, 0) is 16.1 Å². The summed E-state index contributed by atoms with van der Waals surface area (Å²) < 4.78 is 20.3. The average molecular weight is 447 g/mol. The molecule has 7 nitrogen and oxygen atoms in total. The number of ether oxygens (including phenoxy) is 1. The number of aryl methyl sites for hydroxylation is 1. The van der Waals surface area contributed by atoms with Crippen molar-refractivity contribution in [2.24, 2.45) is 0 Å². The van der Waals surface area contributed by atoms with E-state index < -0.39 is 18.5 Å². The van der Waals surface area contributed by atoms with Crippen molar-refractivity contribution in [3.8, 4) is 6.07 Å². The van der Waals surface area contributed by atoms with Gasteiger partial charge in [-0.15, -0.1) is 0 Å². The zero-order valence-corrected chi connectivity index (χ0v) is 18.2. The number of nitrogens with one attached hydrogen (secondary N) is 1. The number of esters is 1. The van der Waals surface area contributed by atoms with E-state index in [-0.39, 0.29) is 23.6 Å². The van der Waals surface area contributed by atoms with Crippen molar-refractivity contribution in [3.63, 3.8) is 0 Å². The number of anilines is 1. The van der Waals surface area contributed by atoms with Gasteiger partial charge in [-0.25, -0.2) is 9.18 Å². The minimum Gasteiger partial charge on any atom is -0.454 e. The second kappa shape index (κ2) is 10.4. The molecule has 2 aromatic carbocycles. The van der Waals surface area contributed by atoms with Gasteiger partial charge in [0.25, 0.3) is 0 Å². The van der Waals surface area contributed by atoms with Crippen molar-refractivity contribution >= 4 is 23.3 Å². The number of Topliss-reactive ketones (excluding diaryl/α,β-unsaturated/α-hetero) is 1. The number of rotatable bonds is 8. The van der Waals surface area contributed by atoms with Crippen LogP contribution in [0, 0.1) is 31.0 Å². The van der Waals surface area contributed by atoms with E-state index in [0.29, 0.717) is 17.8 Å². The Labute approximate surface area is 190 Å². The van der Waals surface area contributed by atoms with Crippen LogP contribution in [0.2, 0.25) is 0 Å². The third-order valence-corrected chi connectivity index (χ3v) is 5.11. The summed E-state index contributed by atoms with van der Waals surface area (Å²) in [5.74, 6) is -1.76. The first-order valence-corrected chi connectivity index (χ1v) is 10.2. The Morgan fingerprint density at radius 2 is 1.73 bits per heavy atom. The largest absolute Gasteiger partial charge is 0.454 e. The maximum atomic E-state index is 13.1. The smallest absolute Gasteiger partial charge is 0.338 e. The highest BCUT2D eigenvalue weighted by atomic mass is 19.1. The molecule has 0 aliphatic rings. The average Bonchev–Trinajstić information content (AvgIpc) is 3.07. The molecule has 1 amide bonds. The van der Waals surface area contributed by atoms with E-state index in [9.17, 15) is 18.8 Å². The molecule has 33 heavy (non-hydrogen) atoms. The van der Waals surface area contributed by atoms with Crippen molar-refractivity contribution in [2.75, 3.05) is 11.9 Å². The van der Waals surface area contributed by atoms with Crippen LogP contribution in [0.4, 0.5) is 10.1 Å². The summed E-state index contributed by atoms with van der Waals surface area (Å²) in [5, 5.41) is 11.0. The third-order valence-electron chi connectivity index (χ3n) is 5.11. The second-order valence-corrected chi connectivity index (χ2v) is 7.46. The van der Waals surface area contributed by atoms with Gasteiger partial charge in [0, 0.05) is 29.2 Å². The lowest BCUT2D eigenvalue weighted by atomic mass is 10.1. The molecule has 0 bridgehead atoms. The van der Waals surface area contributed by atoms with Crippen molar-refractivity contribution in [2.45, 2.75) is 26.8 Å². The number of nitriles is 1. The van der Waals surface area contributed by atoms with Gasteiger partial charge in [-0.3, -0.25) is 9.59 Å². The van der Waals surface area contributed by atoms with Gasteiger partial charge in [-0.1, -0.05) is 12.1 Å². The van der Waals surface area contributed by atoms with Gasteiger partial charge in [0.2, 0.25) is 11.7 Å². The zero-order valence-electron chi connectivity index (χ0n) is 18.2. The fraction of sp³-hybridized carbons (Fsp3) is 0.200. The van der Waals surface area contributed by atoms with Gasteiger partial charge in [-0.2, -0.15) is 5.26 Å². The minimum atomic E-state index is -0.668. The van der Waals surface area contributed by atoms with E-state index in [0.717, 1.165) is 17.0 Å². The number of hydrogen-bond acceptors (Lipinski definition) is 5. The third kappa shape index (κ3) is 5.92. The number of benzene rings is 2. The standard InChI is InChI=1S/C25H22FN3O4/c1-16-13-22(17(2)29(16)14-18-3-7-20(26)8-4-18)23(30)15-33-25(32)19-5-9-21(10-6-19)28-24(31)11-12-27/h3-10,13H,11,14-15H2,1-2H3,(H,28,31). The molecule has 1 N–H and O–H groups in total. The molecule has 8 heteroatoms. The molecule has 3 rings (SSSR count). The number of halogens is 1. The number of ketones is 1. The van der Waals surface area contributed by atoms with Gasteiger partial charge in [-0.05, 0) is 61.9 Å². The Bertz CT molecular complexity index is 1220. The van der Waals surface area contributed by atoms with Crippen LogP contribution in [0.15, 0.2) is 54.6 Å². The SMILES string of the molecule is Cc1cc(C(=O)COC(=O)c2ccc(NC(=O)CC#N)cc2)c(C)n1Cc1ccc(F)cc1. The summed E-state index contributed by atoms with van der Waals surface area (Å²) in [4.78, 5) is 36.4. The Hall–Kier alpha value is -4.25. The fourth-order valence-electron chi connectivity index (χ4n) is 3.36. The van der Waals surface area contributed by atoms with Crippen LogP contribution in [0.3, 0.4) is 0 Å². The molecule has 0 spiro atoms. The van der Waals surface area contributed by atoms with Crippen LogP contribution < -0.4 is 5.32 Å². The van der Waals surface area contributed by atoms with Gasteiger partial charge in [0.15, 0.2) is 6.61 Å². The number of aromatic nitrogens is 1. The second-order valence-electron chi connectivity index (χ2n) is 7.46. The molecule has 0 saturated carbocycles. The van der Waals surface area contributed by atoms with Crippen molar-refractivity contribution in [1.82, 2.24) is 4.57 Å². The number of amides is 1. The fourth-order valence-corrected chi connectivity index (χ4v) is 3.36. The molecular formula is C25H22FN3O4. The van der Waals surface area contributed by atoms with Crippen LogP contribution in [-0.4, -0.2) is 28.8 Å². The first-order chi connectivity index (χ1) is 15.8. The van der Waals surface area contributed by atoms with E-state index in [2.05, 4.69) is 5.32 Å². The van der Waals surface area contributed by atoms with Gasteiger partial charge in [0.1, 0.15) is 12.2 Å². The van der Waals surface area contributed by atoms with Crippen LogP contribution in [0.5, 0.6) is 0 Å². The maximum Gasteiger partial charge on any atom is 0.338 e.